The van der Waals surface area contributed by atoms with Crippen LogP contribution in [0.15, 0.2) is 35.6 Å². The van der Waals surface area contributed by atoms with Gasteiger partial charge in [-0.1, -0.05) is 0 Å². The summed E-state index contributed by atoms with van der Waals surface area (Å²) in [5, 5.41) is 0. The molecule has 0 atom stereocenters. The molecule has 0 spiro atoms. The molecule has 0 aromatic heterocycles. The van der Waals surface area contributed by atoms with Gasteiger partial charge in [0.15, 0.2) is 0 Å². The van der Waals surface area contributed by atoms with Gasteiger partial charge in [0.2, 0.25) is 0 Å². The number of methoxy groups -OCH3 is 2. The van der Waals surface area contributed by atoms with Crippen LogP contribution in [0.25, 0.3) is 0 Å². The quantitative estimate of drug-likeness (QED) is 0.115. The van der Waals surface area contributed by atoms with Crippen LogP contribution in [0.1, 0.15) is 0 Å². The maximum absolute atomic E-state index is 12.9. The number of allylic oxidation sites excluding steroid dienone is 2. The second kappa shape index (κ2) is 10.9. The molecule has 0 unspecified atom stereocenters. The number of carbonyl (C=O) groups is 1. The first-order valence-electron chi connectivity index (χ1n) is 6.92. The molecule has 1 N–H and O–H groups in total. The Balaban J connectivity index is 0.00000784. The summed E-state index contributed by atoms with van der Waals surface area (Å²) in [7, 11) is 2.02. The Morgan fingerprint density at radius 2 is 1.72 bits per heavy atom. The number of benzene rings is 1. The fourth-order valence-electron chi connectivity index (χ4n) is 1.59. The summed E-state index contributed by atoms with van der Waals surface area (Å²) in [5.41, 5.74) is -1.32. The van der Waals surface area contributed by atoms with E-state index in [1.54, 1.807) is 0 Å². The maximum atomic E-state index is 12.9. The first kappa shape index (κ1) is 26.5. The Morgan fingerprint density at radius 1 is 1.10 bits per heavy atom. The van der Waals surface area contributed by atoms with Crippen molar-refractivity contribution in [3.05, 3.63) is 41.7 Å². The van der Waals surface area contributed by atoms with Gasteiger partial charge in [-0.2, -0.15) is 0 Å². The number of hydrogen-bond donors (Lipinski definition) is 0. The average molecular weight is 473 g/mol. The predicted molar refractivity (Wildman–Crippen MR) is 81.2 cm³/mol. The molecule has 1 aromatic rings. The molecule has 6 nitrogen and oxygen atoms in total. The van der Waals surface area contributed by atoms with Crippen LogP contribution in [0.4, 0.5) is 26.3 Å². The molecule has 166 valence electrons. The first-order chi connectivity index (χ1) is 12.9. The van der Waals surface area contributed by atoms with E-state index in [2.05, 4.69) is 24.5 Å². The molecule has 0 saturated heterocycles. The monoisotopic (exact) mass is 472 g/mol. The zero-order valence-electron chi connectivity index (χ0n) is 14.5. The van der Waals surface area contributed by atoms with Gasteiger partial charge in [0.25, 0.3) is 0 Å². The van der Waals surface area contributed by atoms with Gasteiger partial charge in [0, 0.05) is 0 Å². The first-order valence-corrected chi connectivity index (χ1v) is 7.49. The van der Waals surface area contributed by atoms with Crippen molar-refractivity contribution in [2.24, 2.45) is 0 Å². The standard InChI is InChI=1S/C16H11F6O5.Ni.H2O/c1-9(15(17,18)19)6-11(8-14(23)25-3)26-12-5-4-10(7-13(12)24-2)27-16(20,21)22;;/h1,4-7H,2-3H3;;1H2/q-1;;/p-1/b9-6+;;. The number of esters is 1. The average Bonchev–Trinajstić information content (AvgIpc) is 2.58. The number of carbonyl (C=O) groups excluding carboxylic acids is 1. The zero-order valence-corrected chi connectivity index (χ0v) is 15.4. The van der Waals surface area contributed by atoms with Crippen LogP contribution >= 0.6 is 0 Å². The van der Waals surface area contributed by atoms with Crippen LogP contribution in [0.2, 0.25) is 0 Å². The Kier molecular flexibility index (Phi) is 9.92. The van der Waals surface area contributed by atoms with Crippen LogP contribution in [-0.2, 0) is 24.6 Å². The molecule has 0 aliphatic heterocycles. The van der Waals surface area contributed by atoms with E-state index in [4.69, 9.17) is 9.47 Å². The van der Waals surface area contributed by atoms with Crippen molar-refractivity contribution < 1.29 is 70.6 Å². The third-order valence-corrected chi connectivity index (χ3v) is 3.02. The van der Waals surface area contributed by atoms with Crippen molar-refractivity contribution in [1.29, 1.82) is 0 Å². The van der Waals surface area contributed by atoms with Crippen molar-refractivity contribution >= 4 is 11.0 Å². The van der Waals surface area contributed by atoms with Crippen molar-refractivity contribution in [3.8, 4) is 17.2 Å². The number of rotatable bonds is 7. The van der Waals surface area contributed by atoms with E-state index in [0.717, 1.165) is 32.4 Å². The van der Waals surface area contributed by atoms with Gasteiger partial charge in [0.1, 0.15) is 0 Å². The Morgan fingerprint density at radius 3 is 2.17 bits per heavy atom. The molecule has 0 radical (unpaired) electrons. The van der Waals surface area contributed by atoms with Crippen LogP contribution < -0.4 is 14.2 Å². The third kappa shape index (κ3) is 9.01. The molecule has 0 saturated carbocycles. The summed E-state index contributed by atoms with van der Waals surface area (Å²) in [6, 6.07) is 2.55. The predicted octanol–water partition coefficient (Wildman–Crippen LogP) is 3.49. The minimum absolute atomic E-state index is 0. The van der Waals surface area contributed by atoms with Crippen LogP contribution in [0.5, 0.6) is 17.2 Å². The Bertz CT molecular complexity index is 785. The number of alkyl halides is 6. The van der Waals surface area contributed by atoms with Crippen molar-refractivity contribution in [2.75, 3.05) is 14.2 Å². The minimum atomic E-state index is -4.97. The molecule has 29 heavy (non-hydrogen) atoms. The largest absolute Gasteiger partial charge is 0.870 e. The SMILES string of the molecule is COC(=O)[C-]=C(/C=C(\[CH]=[Ni])C(F)(F)F)Oc1ccc(OC(F)(F)F)cc1OC.[OH-]. The molecule has 1 aromatic carbocycles. The topological polar surface area (TPSA) is 84.0 Å². The van der Waals surface area contributed by atoms with Crippen LogP contribution in [-0.4, -0.2) is 43.2 Å². The minimum Gasteiger partial charge on any atom is -0.870 e. The summed E-state index contributed by atoms with van der Waals surface area (Å²) in [5.74, 6) is -3.24. The summed E-state index contributed by atoms with van der Waals surface area (Å²) in [6.07, 6.45) is -7.56. The fraction of sp³-hybridized carbons (Fsp3) is 0.250. The van der Waals surface area contributed by atoms with Crippen molar-refractivity contribution in [3.63, 3.8) is 0 Å². The molecule has 0 amide bonds. The molecule has 0 aliphatic rings. The van der Waals surface area contributed by atoms with E-state index in [1.165, 1.54) is 0 Å². The van der Waals surface area contributed by atoms with Gasteiger partial charge >= 0.3 is 162 Å². The summed E-state index contributed by atoms with van der Waals surface area (Å²) in [6.45, 7) is 0. The smallest absolute Gasteiger partial charge is 0.870 e. The second-order valence-corrected chi connectivity index (χ2v) is 4.92. The van der Waals surface area contributed by atoms with Crippen molar-refractivity contribution in [1.82, 2.24) is 0 Å². The Labute approximate surface area is 167 Å². The molecular formula is C16H12F6NiO6-2. The van der Waals surface area contributed by atoms with Gasteiger partial charge in [-0.25, -0.2) is 0 Å². The Hall–Kier alpha value is -2.53. The normalized spacial score (nSPS) is 12.6. The zero-order chi connectivity index (χ0) is 21.5. The molecular weight excluding hydrogens is 461 g/mol. The summed E-state index contributed by atoms with van der Waals surface area (Å²) >= 11 is 3.97. The number of halogens is 6. The fourth-order valence-corrected chi connectivity index (χ4v) is 1.84. The maximum Gasteiger partial charge on any atom is -0.870 e. The molecule has 0 heterocycles. The molecule has 13 heteroatoms. The van der Waals surface area contributed by atoms with E-state index >= 15 is 0 Å². The van der Waals surface area contributed by atoms with Gasteiger partial charge in [-0.15, -0.1) is 0 Å². The molecule has 0 aliphatic carbocycles. The summed E-state index contributed by atoms with van der Waals surface area (Å²) < 4.78 is 93.4. The van der Waals surface area contributed by atoms with E-state index < -0.39 is 35.6 Å². The molecule has 0 bridgehead atoms. The molecule has 0 fully saturated rings. The number of hydrogen-bond acceptors (Lipinski definition) is 6. The van der Waals surface area contributed by atoms with Gasteiger partial charge < -0.3 is 5.48 Å². The van der Waals surface area contributed by atoms with E-state index in [-0.39, 0.29) is 17.0 Å². The van der Waals surface area contributed by atoms with Crippen molar-refractivity contribution in [2.45, 2.75) is 12.5 Å². The molecule has 1 rings (SSSR count). The summed E-state index contributed by atoms with van der Waals surface area (Å²) in [4.78, 5) is 11.7. The third-order valence-electron chi connectivity index (χ3n) is 2.71. The van der Waals surface area contributed by atoms with Gasteiger partial charge in [-0.05, 0) is 0 Å². The van der Waals surface area contributed by atoms with Crippen LogP contribution in [0.3, 0.4) is 0 Å². The van der Waals surface area contributed by atoms with Crippen LogP contribution in [0, 0.1) is 6.08 Å². The van der Waals surface area contributed by atoms with E-state index in [1.807, 2.05) is 6.08 Å². The van der Waals surface area contributed by atoms with Gasteiger partial charge in [0.05, 0.1) is 0 Å². The second-order valence-electron chi connectivity index (χ2n) is 4.63. The number of ether oxygens (including phenoxy) is 4. The van der Waals surface area contributed by atoms with Gasteiger partial charge in [-0.3, -0.25) is 0 Å². The van der Waals surface area contributed by atoms with E-state index in [0.29, 0.717) is 11.1 Å². The van der Waals surface area contributed by atoms with E-state index in [9.17, 15) is 31.1 Å².